The van der Waals surface area contributed by atoms with Crippen molar-refractivity contribution in [1.82, 2.24) is 10.2 Å². The third-order valence-corrected chi connectivity index (χ3v) is 2.56. The zero-order chi connectivity index (χ0) is 10.1. The summed E-state index contributed by atoms with van der Waals surface area (Å²) in [5.74, 6) is 0.466. The second kappa shape index (κ2) is 3.62. The second-order valence-electron chi connectivity index (χ2n) is 4.48. The number of nitrogens with zero attached hydrogens (tertiary/aromatic N) is 2. The Balaban J connectivity index is 2.70. The molecular formula is C9H17N3S. The van der Waals surface area contributed by atoms with Crippen LogP contribution in [0, 0.1) is 0 Å². The molecule has 0 aliphatic carbocycles. The molecule has 1 aromatic rings. The molecule has 1 N–H and O–H groups in total. The lowest BCUT2D eigenvalue weighted by atomic mass is 10.1. The van der Waals surface area contributed by atoms with E-state index in [0.29, 0.717) is 5.92 Å². The highest BCUT2D eigenvalue weighted by atomic mass is 32.1. The van der Waals surface area contributed by atoms with E-state index >= 15 is 0 Å². The summed E-state index contributed by atoms with van der Waals surface area (Å²) in [6.07, 6.45) is 0. The highest BCUT2D eigenvalue weighted by Gasteiger charge is 2.13. The zero-order valence-corrected chi connectivity index (χ0v) is 9.70. The Hall–Kier alpha value is -0.640. The van der Waals surface area contributed by atoms with E-state index in [-0.39, 0.29) is 5.54 Å². The van der Waals surface area contributed by atoms with Gasteiger partial charge in [-0.05, 0) is 20.8 Å². The van der Waals surface area contributed by atoms with E-state index < -0.39 is 0 Å². The summed E-state index contributed by atoms with van der Waals surface area (Å²) >= 11 is 1.63. The van der Waals surface area contributed by atoms with Gasteiger partial charge in [-0.15, -0.1) is 10.2 Å². The summed E-state index contributed by atoms with van der Waals surface area (Å²) in [7, 11) is 0. The Morgan fingerprint density at radius 2 is 1.85 bits per heavy atom. The molecule has 74 valence electrons. The van der Waals surface area contributed by atoms with Gasteiger partial charge in [-0.2, -0.15) is 0 Å². The number of hydrogen-bond donors (Lipinski definition) is 1. The van der Waals surface area contributed by atoms with Gasteiger partial charge in [0.2, 0.25) is 5.13 Å². The number of hydrogen-bond acceptors (Lipinski definition) is 4. The maximum atomic E-state index is 4.11. The van der Waals surface area contributed by atoms with Crippen molar-refractivity contribution in [2.45, 2.75) is 46.1 Å². The van der Waals surface area contributed by atoms with Crippen LogP contribution in [0.4, 0.5) is 5.13 Å². The first-order chi connectivity index (χ1) is 5.88. The van der Waals surface area contributed by atoms with Gasteiger partial charge in [0.15, 0.2) is 0 Å². The van der Waals surface area contributed by atoms with E-state index in [9.17, 15) is 0 Å². The number of anilines is 1. The molecule has 1 aromatic heterocycles. The quantitative estimate of drug-likeness (QED) is 0.796. The molecule has 0 aromatic carbocycles. The summed E-state index contributed by atoms with van der Waals surface area (Å²) in [6, 6.07) is 0. The van der Waals surface area contributed by atoms with E-state index in [4.69, 9.17) is 0 Å². The summed E-state index contributed by atoms with van der Waals surface area (Å²) in [5, 5.41) is 13.5. The molecule has 0 aliphatic rings. The molecule has 1 heterocycles. The standard InChI is InChI=1S/C9H17N3S/c1-6(2)7-11-12-8(13-7)10-9(3,4)5/h6H,1-5H3,(H,10,12). The van der Waals surface area contributed by atoms with Crippen molar-refractivity contribution in [1.29, 1.82) is 0 Å². The van der Waals surface area contributed by atoms with E-state index in [2.05, 4.69) is 50.1 Å². The van der Waals surface area contributed by atoms with Crippen LogP contribution >= 0.6 is 11.3 Å². The fourth-order valence-electron chi connectivity index (χ4n) is 0.839. The third-order valence-electron chi connectivity index (χ3n) is 1.42. The molecule has 0 atom stereocenters. The molecule has 0 unspecified atom stereocenters. The third kappa shape index (κ3) is 3.30. The van der Waals surface area contributed by atoms with E-state index in [1.54, 1.807) is 11.3 Å². The van der Waals surface area contributed by atoms with Gasteiger partial charge in [0.25, 0.3) is 0 Å². The van der Waals surface area contributed by atoms with Gasteiger partial charge < -0.3 is 5.32 Å². The molecule has 0 amide bonds. The molecule has 4 heteroatoms. The molecule has 0 saturated carbocycles. The molecular weight excluding hydrogens is 182 g/mol. The van der Waals surface area contributed by atoms with Crippen LogP contribution in [0.15, 0.2) is 0 Å². The van der Waals surface area contributed by atoms with Crippen molar-refractivity contribution >= 4 is 16.5 Å². The Bertz CT molecular complexity index is 273. The maximum Gasteiger partial charge on any atom is 0.206 e. The van der Waals surface area contributed by atoms with Crippen molar-refractivity contribution < 1.29 is 0 Å². The van der Waals surface area contributed by atoms with Gasteiger partial charge in [-0.3, -0.25) is 0 Å². The van der Waals surface area contributed by atoms with Crippen LogP contribution < -0.4 is 5.32 Å². The van der Waals surface area contributed by atoms with Crippen molar-refractivity contribution in [3.8, 4) is 0 Å². The first kappa shape index (κ1) is 10.4. The minimum absolute atomic E-state index is 0.0633. The fraction of sp³-hybridized carbons (Fsp3) is 0.778. The zero-order valence-electron chi connectivity index (χ0n) is 8.88. The fourth-order valence-corrected chi connectivity index (χ4v) is 1.79. The summed E-state index contributed by atoms with van der Waals surface area (Å²) in [6.45, 7) is 10.6. The summed E-state index contributed by atoms with van der Waals surface area (Å²) < 4.78 is 0. The lowest BCUT2D eigenvalue weighted by molar-refractivity contribution is 0.631. The van der Waals surface area contributed by atoms with Crippen LogP contribution in [0.1, 0.15) is 45.5 Å². The Morgan fingerprint density at radius 1 is 1.23 bits per heavy atom. The van der Waals surface area contributed by atoms with E-state index in [0.717, 1.165) is 10.1 Å². The minimum atomic E-state index is 0.0633. The van der Waals surface area contributed by atoms with Crippen molar-refractivity contribution in [2.75, 3.05) is 5.32 Å². The second-order valence-corrected chi connectivity index (χ2v) is 5.48. The van der Waals surface area contributed by atoms with Gasteiger partial charge in [-0.1, -0.05) is 25.2 Å². The van der Waals surface area contributed by atoms with Crippen LogP contribution in [0.25, 0.3) is 0 Å². The molecule has 0 spiro atoms. The van der Waals surface area contributed by atoms with Crippen molar-refractivity contribution in [2.24, 2.45) is 0 Å². The van der Waals surface area contributed by atoms with Crippen LogP contribution in [0.2, 0.25) is 0 Å². The summed E-state index contributed by atoms with van der Waals surface area (Å²) in [4.78, 5) is 0. The van der Waals surface area contributed by atoms with Crippen LogP contribution in [0.5, 0.6) is 0 Å². The van der Waals surface area contributed by atoms with Crippen LogP contribution in [-0.4, -0.2) is 15.7 Å². The Kier molecular flexibility index (Phi) is 2.91. The predicted molar refractivity (Wildman–Crippen MR) is 57.4 cm³/mol. The van der Waals surface area contributed by atoms with Crippen molar-refractivity contribution in [3.63, 3.8) is 0 Å². The van der Waals surface area contributed by atoms with Crippen molar-refractivity contribution in [3.05, 3.63) is 5.01 Å². The molecule has 0 saturated heterocycles. The first-order valence-electron chi connectivity index (χ1n) is 4.50. The molecule has 0 bridgehead atoms. The van der Waals surface area contributed by atoms with Crippen LogP contribution in [-0.2, 0) is 0 Å². The number of aromatic nitrogens is 2. The molecule has 1 rings (SSSR count). The highest BCUT2D eigenvalue weighted by Crippen LogP contribution is 2.24. The molecule has 3 nitrogen and oxygen atoms in total. The lowest BCUT2D eigenvalue weighted by Gasteiger charge is -2.18. The molecule has 0 aliphatic heterocycles. The Labute approximate surface area is 83.6 Å². The first-order valence-corrected chi connectivity index (χ1v) is 5.32. The van der Waals surface area contributed by atoms with E-state index in [1.807, 2.05) is 0 Å². The smallest absolute Gasteiger partial charge is 0.206 e. The SMILES string of the molecule is CC(C)c1nnc(NC(C)(C)C)s1. The topological polar surface area (TPSA) is 37.8 Å². The molecule has 13 heavy (non-hydrogen) atoms. The minimum Gasteiger partial charge on any atom is -0.355 e. The normalized spacial score (nSPS) is 12.2. The largest absolute Gasteiger partial charge is 0.355 e. The highest BCUT2D eigenvalue weighted by molar-refractivity contribution is 7.15. The average molecular weight is 199 g/mol. The number of rotatable bonds is 2. The van der Waals surface area contributed by atoms with Gasteiger partial charge in [0, 0.05) is 11.5 Å². The maximum absolute atomic E-state index is 4.11. The Morgan fingerprint density at radius 3 is 2.23 bits per heavy atom. The van der Waals surface area contributed by atoms with Gasteiger partial charge >= 0.3 is 0 Å². The monoisotopic (exact) mass is 199 g/mol. The lowest BCUT2D eigenvalue weighted by Crippen LogP contribution is -2.25. The number of nitrogens with one attached hydrogen (secondary N) is 1. The molecule has 0 radical (unpaired) electrons. The van der Waals surface area contributed by atoms with Crippen LogP contribution in [0.3, 0.4) is 0 Å². The summed E-state index contributed by atoms with van der Waals surface area (Å²) in [5.41, 5.74) is 0.0633. The predicted octanol–water partition coefficient (Wildman–Crippen LogP) is 2.87. The van der Waals surface area contributed by atoms with Gasteiger partial charge in [-0.25, -0.2) is 0 Å². The molecule has 0 fully saturated rings. The average Bonchev–Trinajstić information content (AvgIpc) is 2.31. The van der Waals surface area contributed by atoms with E-state index in [1.165, 1.54) is 0 Å². The van der Waals surface area contributed by atoms with Gasteiger partial charge in [0.1, 0.15) is 5.01 Å². The van der Waals surface area contributed by atoms with Gasteiger partial charge in [0.05, 0.1) is 0 Å².